The first-order valence-corrected chi connectivity index (χ1v) is 25.2. The van der Waals surface area contributed by atoms with Crippen LogP contribution in [0.3, 0.4) is 0 Å². The Labute approximate surface area is 372 Å². The summed E-state index contributed by atoms with van der Waals surface area (Å²) in [6.07, 6.45) is 34.3. The molecule has 11 nitrogen and oxygen atoms in total. The predicted molar refractivity (Wildman–Crippen MR) is 247 cm³/mol. The van der Waals surface area contributed by atoms with E-state index >= 15 is 0 Å². The Morgan fingerprint density at radius 3 is 1.43 bits per heavy atom. The molecule has 1 fully saturated rings. The van der Waals surface area contributed by atoms with Gasteiger partial charge in [-0.3, -0.25) is 4.79 Å². The molecule has 1 amide bonds. The van der Waals surface area contributed by atoms with Gasteiger partial charge in [0.15, 0.2) is 6.29 Å². The molecule has 360 valence electrons. The van der Waals surface area contributed by atoms with Crippen molar-refractivity contribution in [3.8, 4) is 0 Å². The number of nitrogens with one attached hydrogen (secondary N) is 1. The highest BCUT2D eigenvalue weighted by molar-refractivity contribution is 5.80. The van der Waals surface area contributed by atoms with Gasteiger partial charge in [-0.15, -0.1) is 0 Å². The Morgan fingerprint density at radius 1 is 0.557 bits per heavy atom. The van der Waals surface area contributed by atoms with Gasteiger partial charge in [0.2, 0.25) is 5.91 Å². The van der Waals surface area contributed by atoms with Gasteiger partial charge in [0.1, 0.15) is 36.6 Å². The highest BCUT2D eigenvalue weighted by Gasteiger charge is 2.44. The van der Waals surface area contributed by atoms with Crippen molar-refractivity contribution in [2.45, 2.75) is 274 Å². The molecule has 0 aromatic rings. The molecule has 9 atom stereocenters. The molecule has 1 saturated heterocycles. The van der Waals surface area contributed by atoms with Crippen molar-refractivity contribution >= 4 is 5.91 Å². The van der Waals surface area contributed by atoms with E-state index in [0.29, 0.717) is 12.8 Å². The molecule has 0 aromatic heterocycles. The lowest BCUT2D eigenvalue weighted by Crippen LogP contribution is -2.60. The van der Waals surface area contributed by atoms with E-state index in [1.165, 1.54) is 148 Å². The van der Waals surface area contributed by atoms with Gasteiger partial charge in [-0.05, 0) is 57.8 Å². The number of amides is 1. The lowest BCUT2D eigenvalue weighted by atomic mass is 9.99. The molecular weight excluding hydrogens is 775 g/mol. The zero-order valence-electron chi connectivity index (χ0n) is 38.9. The average molecular weight is 870 g/mol. The Morgan fingerprint density at radius 2 is 0.967 bits per heavy atom. The van der Waals surface area contributed by atoms with Gasteiger partial charge in [0.25, 0.3) is 0 Å². The lowest BCUT2D eigenvalue weighted by molar-refractivity contribution is -0.303. The predicted octanol–water partition coefficient (Wildman–Crippen LogP) is 9.01. The summed E-state index contributed by atoms with van der Waals surface area (Å²) < 4.78 is 11.0. The highest BCUT2D eigenvalue weighted by Crippen LogP contribution is 2.23. The van der Waals surface area contributed by atoms with Gasteiger partial charge >= 0.3 is 0 Å². The van der Waals surface area contributed by atoms with Crippen LogP contribution < -0.4 is 5.32 Å². The van der Waals surface area contributed by atoms with Crippen LogP contribution in [0.5, 0.6) is 0 Å². The van der Waals surface area contributed by atoms with Crippen LogP contribution in [0, 0.1) is 0 Å². The summed E-state index contributed by atoms with van der Waals surface area (Å²) in [6.45, 7) is 3.36. The SMILES string of the molecule is CCCCCC/C=C\CCC(O)C(=O)NC(COC1OC(CO)C(O)C(O)C1O)C(O)C(O)CCC/C=C/CCCCCCCCCCCCCCCCCCCCCCC. The normalized spacial score (nSPS) is 21.6. The maximum Gasteiger partial charge on any atom is 0.249 e. The number of aliphatic hydroxyl groups is 7. The van der Waals surface area contributed by atoms with Gasteiger partial charge < -0.3 is 50.5 Å². The summed E-state index contributed by atoms with van der Waals surface area (Å²) in [7, 11) is 0. The van der Waals surface area contributed by atoms with Crippen LogP contribution in [-0.4, -0.2) is 110 Å². The summed E-state index contributed by atoms with van der Waals surface area (Å²) in [5.41, 5.74) is 0. The van der Waals surface area contributed by atoms with Gasteiger partial charge in [-0.2, -0.15) is 0 Å². The number of hydrogen-bond donors (Lipinski definition) is 8. The molecule has 61 heavy (non-hydrogen) atoms. The summed E-state index contributed by atoms with van der Waals surface area (Å²) in [6, 6.07) is -1.20. The minimum absolute atomic E-state index is 0.169. The van der Waals surface area contributed by atoms with Gasteiger partial charge in [-0.25, -0.2) is 0 Å². The second-order valence-electron chi connectivity index (χ2n) is 17.9. The van der Waals surface area contributed by atoms with Crippen LogP contribution >= 0.6 is 0 Å². The zero-order valence-corrected chi connectivity index (χ0v) is 38.9. The van der Waals surface area contributed by atoms with Crippen LogP contribution in [0.1, 0.15) is 219 Å². The molecule has 0 aromatic carbocycles. The van der Waals surface area contributed by atoms with Crippen molar-refractivity contribution in [2.24, 2.45) is 0 Å². The molecule has 0 spiro atoms. The van der Waals surface area contributed by atoms with Crippen molar-refractivity contribution in [1.29, 1.82) is 0 Å². The number of carbonyl (C=O) groups is 1. The Balaban J connectivity index is 2.30. The number of aliphatic hydroxyl groups excluding tert-OH is 7. The van der Waals surface area contributed by atoms with E-state index in [-0.39, 0.29) is 12.8 Å². The molecule has 9 unspecified atom stereocenters. The van der Waals surface area contributed by atoms with Crippen molar-refractivity contribution in [3.63, 3.8) is 0 Å². The third-order valence-corrected chi connectivity index (χ3v) is 12.2. The number of hydrogen-bond acceptors (Lipinski definition) is 10. The number of ether oxygens (including phenoxy) is 2. The zero-order chi connectivity index (χ0) is 44.8. The van der Waals surface area contributed by atoms with E-state index in [2.05, 4.69) is 37.4 Å². The Hall–Kier alpha value is -1.41. The summed E-state index contributed by atoms with van der Waals surface area (Å²) in [5.74, 6) is -0.742. The van der Waals surface area contributed by atoms with E-state index in [1.807, 2.05) is 6.08 Å². The lowest BCUT2D eigenvalue weighted by Gasteiger charge is -2.40. The monoisotopic (exact) mass is 870 g/mol. The second kappa shape index (κ2) is 40.1. The van der Waals surface area contributed by atoms with Crippen molar-refractivity contribution < 1.29 is 50.0 Å². The van der Waals surface area contributed by atoms with Crippen LogP contribution in [0.2, 0.25) is 0 Å². The second-order valence-corrected chi connectivity index (χ2v) is 17.9. The van der Waals surface area contributed by atoms with Gasteiger partial charge in [0.05, 0.1) is 25.4 Å². The van der Waals surface area contributed by atoms with E-state index in [1.54, 1.807) is 0 Å². The van der Waals surface area contributed by atoms with Crippen LogP contribution in [-0.2, 0) is 14.3 Å². The minimum Gasteiger partial charge on any atom is -0.394 e. The highest BCUT2D eigenvalue weighted by atomic mass is 16.7. The fourth-order valence-electron chi connectivity index (χ4n) is 8.03. The number of unbranched alkanes of at least 4 members (excludes halogenated alkanes) is 26. The summed E-state index contributed by atoms with van der Waals surface area (Å²) in [5, 5.41) is 75.4. The van der Waals surface area contributed by atoms with Gasteiger partial charge in [-0.1, -0.05) is 186 Å². The molecular formula is C50H95NO10. The molecule has 0 saturated carbocycles. The average Bonchev–Trinajstić information content (AvgIpc) is 3.26. The largest absolute Gasteiger partial charge is 0.394 e. The van der Waals surface area contributed by atoms with Crippen LogP contribution in [0.25, 0.3) is 0 Å². The number of rotatable bonds is 42. The molecule has 1 aliphatic heterocycles. The fourth-order valence-corrected chi connectivity index (χ4v) is 8.03. The molecule has 0 bridgehead atoms. The van der Waals surface area contributed by atoms with Gasteiger partial charge in [0, 0.05) is 0 Å². The molecule has 11 heteroatoms. The smallest absolute Gasteiger partial charge is 0.249 e. The first-order valence-electron chi connectivity index (χ1n) is 25.2. The van der Waals surface area contributed by atoms with E-state index in [0.717, 1.165) is 32.1 Å². The fraction of sp³-hybridized carbons (Fsp3) is 0.900. The van der Waals surface area contributed by atoms with E-state index < -0.39 is 74.2 Å². The Bertz CT molecular complexity index is 1040. The third-order valence-electron chi connectivity index (χ3n) is 12.2. The standard InChI is InChI=1S/C50H95NO10/c1-3-5-7-9-11-13-14-15-16-17-18-19-20-21-22-23-24-25-26-27-28-29-30-32-33-35-37-42(53)45(55)41(40-60-50-48(58)47(57)46(56)44(39-52)61-50)51-49(59)43(54)38-36-34-31-12-10-8-6-4-2/h30-32,34,41-48,50,52-58H,3-29,33,35-40H2,1-2H3,(H,51,59)/b32-30+,34-31-. The number of allylic oxidation sites excluding steroid dienone is 4. The van der Waals surface area contributed by atoms with E-state index in [4.69, 9.17) is 9.47 Å². The minimum atomic E-state index is -1.67. The number of carbonyl (C=O) groups excluding carboxylic acids is 1. The van der Waals surface area contributed by atoms with Crippen LogP contribution in [0.15, 0.2) is 24.3 Å². The van der Waals surface area contributed by atoms with Crippen molar-refractivity contribution in [1.82, 2.24) is 5.32 Å². The molecule has 0 radical (unpaired) electrons. The quantitative estimate of drug-likeness (QED) is 0.0217. The molecule has 0 aliphatic carbocycles. The van der Waals surface area contributed by atoms with Crippen molar-refractivity contribution in [2.75, 3.05) is 13.2 Å². The van der Waals surface area contributed by atoms with Crippen LogP contribution in [0.4, 0.5) is 0 Å². The summed E-state index contributed by atoms with van der Waals surface area (Å²) >= 11 is 0. The molecule has 8 N–H and O–H groups in total. The maximum atomic E-state index is 13.0. The topological polar surface area (TPSA) is 189 Å². The third kappa shape index (κ3) is 29.6. The maximum absolute atomic E-state index is 13.0. The first-order chi connectivity index (χ1) is 29.7. The molecule has 1 rings (SSSR count). The first kappa shape index (κ1) is 57.6. The molecule has 1 aliphatic rings. The Kier molecular flexibility index (Phi) is 37.9. The molecule has 1 heterocycles. The van der Waals surface area contributed by atoms with Crippen molar-refractivity contribution in [3.05, 3.63) is 24.3 Å². The summed E-state index contributed by atoms with van der Waals surface area (Å²) in [4.78, 5) is 13.0. The van der Waals surface area contributed by atoms with E-state index in [9.17, 15) is 40.5 Å².